The van der Waals surface area contributed by atoms with Gasteiger partial charge in [0.15, 0.2) is 0 Å². The lowest BCUT2D eigenvalue weighted by Crippen LogP contribution is -2.21. The molecule has 78 valence electrons. The van der Waals surface area contributed by atoms with Crippen molar-refractivity contribution >= 4 is 21.6 Å². The molecule has 1 fully saturated rings. The smallest absolute Gasteiger partial charge is 0.101 e. The topological polar surface area (TPSA) is 47.3 Å². The number of benzene rings is 1. The molecule has 1 aliphatic rings. The third kappa shape index (κ3) is 2.14. The van der Waals surface area contributed by atoms with Gasteiger partial charge in [-0.1, -0.05) is 15.9 Å². The van der Waals surface area contributed by atoms with Crippen LogP contribution < -0.4 is 4.90 Å². The average molecular weight is 267 g/mol. The van der Waals surface area contributed by atoms with Gasteiger partial charge in [0.05, 0.1) is 17.4 Å². The van der Waals surface area contributed by atoms with Gasteiger partial charge in [-0.25, -0.2) is 0 Å². The van der Waals surface area contributed by atoms with Crippen LogP contribution >= 0.6 is 15.9 Å². The number of hydrogen-bond acceptors (Lipinski definition) is 3. The van der Waals surface area contributed by atoms with E-state index < -0.39 is 0 Å². The van der Waals surface area contributed by atoms with Crippen LogP contribution in [0.5, 0.6) is 0 Å². The lowest BCUT2D eigenvalue weighted by atomic mass is 10.2. The Morgan fingerprint density at radius 2 is 2.33 bits per heavy atom. The number of nitrogens with zero attached hydrogens (tertiary/aromatic N) is 2. The van der Waals surface area contributed by atoms with E-state index in [1.165, 1.54) is 0 Å². The first-order valence-electron chi connectivity index (χ1n) is 4.83. The summed E-state index contributed by atoms with van der Waals surface area (Å²) in [6.07, 6.45) is 0.515. The molecule has 0 aliphatic carbocycles. The number of hydrogen-bond donors (Lipinski definition) is 1. The van der Waals surface area contributed by atoms with Crippen LogP contribution in [0.4, 0.5) is 5.69 Å². The van der Waals surface area contributed by atoms with Crippen molar-refractivity contribution in [3.05, 3.63) is 28.2 Å². The Hall–Kier alpha value is -1.05. The van der Waals surface area contributed by atoms with E-state index in [0.29, 0.717) is 12.1 Å². The minimum absolute atomic E-state index is 0.264. The highest BCUT2D eigenvalue weighted by Gasteiger charge is 2.22. The summed E-state index contributed by atoms with van der Waals surface area (Å²) in [4.78, 5) is 2.05. The molecular weight excluding hydrogens is 256 g/mol. The maximum atomic E-state index is 9.45. The molecule has 1 aromatic rings. The largest absolute Gasteiger partial charge is 0.391 e. The fourth-order valence-corrected chi connectivity index (χ4v) is 2.20. The van der Waals surface area contributed by atoms with E-state index in [9.17, 15) is 5.11 Å². The SMILES string of the molecule is N#Cc1cc(Br)ccc1N1CC[C@H](O)C1. The van der Waals surface area contributed by atoms with Crippen LogP contribution in [0, 0.1) is 11.3 Å². The second-order valence-corrected chi connectivity index (χ2v) is 4.58. The molecule has 1 N–H and O–H groups in total. The molecule has 2 rings (SSSR count). The van der Waals surface area contributed by atoms with E-state index in [1.807, 2.05) is 12.1 Å². The monoisotopic (exact) mass is 266 g/mol. The summed E-state index contributed by atoms with van der Waals surface area (Å²) in [6.45, 7) is 1.44. The van der Waals surface area contributed by atoms with Crippen molar-refractivity contribution < 1.29 is 5.11 Å². The minimum Gasteiger partial charge on any atom is -0.391 e. The zero-order valence-corrected chi connectivity index (χ0v) is 9.74. The van der Waals surface area contributed by atoms with Crippen LogP contribution in [-0.2, 0) is 0 Å². The van der Waals surface area contributed by atoms with Crippen molar-refractivity contribution in [1.29, 1.82) is 5.26 Å². The number of rotatable bonds is 1. The minimum atomic E-state index is -0.264. The molecule has 0 spiro atoms. The summed E-state index contributed by atoms with van der Waals surface area (Å²) in [5.41, 5.74) is 1.57. The third-order valence-electron chi connectivity index (χ3n) is 2.58. The van der Waals surface area contributed by atoms with Gasteiger partial charge in [-0.3, -0.25) is 0 Å². The van der Waals surface area contributed by atoms with Gasteiger partial charge in [0.1, 0.15) is 6.07 Å². The zero-order chi connectivity index (χ0) is 10.8. The highest BCUT2D eigenvalue weighted by molar-refractivity contribution is 9.10. The second-order valence-electron chi connectivity index (χ2n) is 3.66. The number of halogens is 1. The van der Waals surface area contributed by atoms with E-state index in [2.05, 4.69) is 26.9 Å². The highest BCUT2D eigenvalue weighted by Crippen LogP contribution is 2.26. The van der Waals surface area contributed by atoms with Gasteiger partial charge in [0.25, 0.3) is 0 Å². The van der Waals surface area contributed by atoms with Crippen LogP contribution in [0.25, 0.3) is 0 Å². The Labute approximate surface area is 97.1 Å². The van der Waals surface area contributed by atoms with E-state index in [-0.39, 0.29) is 6.10 Å². The molecule has 0 unspecified atom stereocenters. The van der Waals surface area contributed by atoms with Crippen molar-refractivity contribution in [2.45, 2.75) is 12.5 Å². The molecule has 1 atom stereocenters. The Bertz CT molecular complexity index is 414. The Morgan fingerprint density at radius 3 is 2.93 bits per heavy atom. The molecule has 0 bridgehead atoms. The molecule has 3 nitrogen and oxygen atoms in total. The first kappa shape index (κ1) is 10.5. The molecule has 15 heavy (non-hydrogen) atoms. The van der Waals surface area contributed by atoms with Gasteiger partial charge in [0.2, 0.25) is 0 Å². The number of β-amino-alcohol motifs (C(OH)–C–C–N with tert-alkyl or cyclic N) is 1. The quantitative estimate of drug-likeness (QED) is 0.845. The zero-order valence-electron chi connectivity index (χ0n) is 8.15. The van der Waals surface area contributed by atoms with Crippen LogP contribution in [0.15, 0.2) is 22.7 Å². The molecule has 0 saturated carbocycles. The lowest BCUT2D eigenvalue weighted by Gasteiger charge is -2.19. The average Bonchev–Trinajstić information content (AvgIpc) is 2.64. The first-order chi connectivity index (χ1) is 7.20. The Morgan fingerprint density at radius 1 is 1.53 bits per heavy atom. The summed E-state index contributed by atoms with van der Waals surface area (Å²) in [7, 11) is 0. The van der Waals surface area contributed by atoms with E-state index in [1.54, 1.807) is 6.07 Å². The number of aliphatic hydroxyl groups is 1. The van der Waals surface area contributed by atoms with E-state index in [0.717, 1.165) is 23.1 Å². The van der Waals surface area contributed by atoms with Crippen molar-refractivity contribution in [3.63, 3.8) is 0 Å². The molecule has 1 aliphatic heterocycles. The summed E-state index contributed by atoms with van der Waals surface area (Å²) in [5.74, 6) is 0. The van der Waals surface area contributed by atoms with Gasteiger partial charge < -0.3 is 10.0 Å². The Balaban J connectivity index is 2.32. The van der Waals surface area contributed by atoms with Crippen LogP contribution in [0.2, 0.25) is 0 Å². The summed E-state index contributed by atoms with van der Waals surface area (Å²) < 4.78 is 0.905. The second kappa shape index (κ2) is 4.21. The first-order valence-corrected chi connectivity index (χ1v) is 5.62. The lowest BCUT2D eigenvalue weighted by molar-refractivity contribution is 0.198. The van der Waals surface area contributed by atoms with Crippen molar-refractivity contribution in [2.24, 2.45) is 0 Å². The predicted octanol–water partition coefficient (Wildman–Crippen LogP) is 1.89. The molecule has 4 heteroatoms. The number of nitriles is 1. The van der Waals surface area contributed by atoms with E-state index in [4.69, 9.17) is 5.26 Å². The predicted molar refractivity (Wildman–Crippen MR) is 61.7 cm³/mol. The number of anilines is 1. The van der Waals surface area contributed by atoms with Gasteiger partial charge in [-0.2, -0.15) is 5.26 Å². The van der Waals surface area contributed by atoms with Gasteiger partial charge in [-0.15, -0.1) is 0 Å². The molecule has 0 amide bonds. The van der Waals surface area contributed by atoms with Gasteiger partial charge in [-0.05, 0) is 24.6 Å². The molecule has 1 aromatic carbocycles. The van der Waals surface area contributed by atoms with Crippen LogP contribution in [-0.4, -0.2) is 24.3 Å². The van der Waals surface area contributed by atoms with Crippen LogP contribution in [0.1, 0.15) is 12.0 Å². The van der Waals surface area contributed by atoms with Crippen molar-refractivity contribution in [1.82, 2.24) is 0 Å². The third-order valence-corrected chi connectivity index (χ3v) is 3.08. The standard InChI is InChI=1S/C11H11BrN2O/c12-9-1-2-11(8(5-9)6-13)14-4-3-10(15)7-14/h1-2,5,10,15H,3-4,7H2/t10-/m0/s1. The molecular formula is C11H11BrN2O. The summed E-state index contributed by atoms with van der Waals surface area (Å²) in [5, 5.41) is 18.5. The Kier molecular flexibility index (Phi) is 2.94. The van der Waals surface area contributed by atoms with Gasteiger partial charge >= 0.3 is 0 Å². The van der Waals surface area contributed by atoms with Crippen molar-refractivity contribution in [3.8, 4) is 6.07 Å². The number of aliphatic hydroxyl groups excluding tert-OH is 1. The molecule has 1 heterocycles. The van der Waals surface area contributed by atoms with Crippen LogP contribution in [0.3, 0.4) is 0 Å². The fraction of sp³-hybridized carbons (Fsp3) is 0.364. The fourth-order valence-electron chi connectivity index (χ4n) is 1.83. The molecule has 1 saturated heterocycles. The normalized spacial score (nSPS) is 20.3. The molecule has 0 radical (unpaired) electrons. The highest BCUT2D eigenvalue weighted by atomic mass is 79.9. The molecule has 0 aromatic heterocycles. The summed E-state index contributed by atoms with van der Waals surface area (Å²) >= 11 is 3.34. The summed E-state index contributed by atoms with van der Waals surface area (Å²) in [6, 6.07) is 7.82. The maximum absolute atomic E-state index is 9.45. The van der Waals surface area contributed by atoms with Crippen molar-refractivity contribution in [2.75, 3.05) is 18.0 Å². The maximum Gasteiger partial charge on any atom is 0.101 e. The van der Waals surface area contributed by atoms with Gasteiger partial charge in [0, 0.05) is 17.6 Å². The van der Waals surface area contributed by atoms with E-state index >= 15 is 0 Å².